The first kappa shape index (κ1) is 12.6. The van der Waals surface area contributed by atoms with Gasteiger partial charge in [-0.15, -0.1) is 0 Å². The lowest BCUT2D eigenvalue weighted by molar-refractivity contribution is 0.0735. The van der Waals surface area contributed by atoms with Gasteiger partial charge in [-0.2, -0.15) is 0 Å². The Morgan fingerprint density at radius 2 is 2.09 bits per heavy atom. The van der Waals surface area contributed by atoms with E-state index in [2.05, 4.69) is 9.97 Å². The first-order chi connectivity index (χ1) is 10.7. The van der Waals surface area contributed by atoms with Crippen molar-refractivity contribution in [2.24, 2.45) is 7.05 Å². The molecule has 0 saturated carbocycles. The van der Waals surface area contributed by atoms with Crippen LogP contribution < -0.4 is 4.74 Å². The fourth-order valence-corrected chi connectivity index (χ4v) is 2.53. The zero-order chi connectivity index (χ0) is 15.1. The number of hydrogen-bond acceptors (Lipinski definition) is 3. The number of carbonyl (C=O) groups is 1. The topological polar surface area (TPSA) is 59.9 Å². The second-order valence-corrected chi connectivity index (χ2v) is 5.18. The lowest BCUT2D eigenvalue weighted by Crippen LogP contribution is -2.08. The quantitative estimate of drug-likeness (QED) is 0.455. The van der Waals surface area contributed by atoms with Gasteiger partial charge in [0.25, 0.3) is 0 Å². The molecular weight excluding hydrogens is 278 g/mol. The van der Waals surface area contributed by atoms with Crippen LogP contribution in [0.5, 0.6) is 5.75 Å². The van der Waals surface area contributed by atoms with E-state index in [1.807, 2.05) is 42.1 Å². The Morgan fingerprint density at radius 3 is 3.00 bits per heavy atom. The lowest BCUT2D eigenvalue weighted by atomic mass is 10.1. The SMILES string of the molecule is Cn1cnc2cc(OC(=O)c3ccc4[nH]ccc4c3)ccc21. The fourth-order valence-electron chi connectivity index (χ4n) is 2.53. The number of hydrogen-bond donors (Lipinski definition) is 1. The number of fused-ring (bicyclic) bond motifs is 2. The molecule has 0 aliphatic rings. The molecule has 108 valence electrons. The van der Waals surface area contributed by atoms with Gasteiger partial charge in [0.15, 0.2) is 0 Å². The van der Waals surface area contributed by atoms with Crippen LogP contribution in [0.1, 0.15) is 10.4 Å². The molecule has 0 fully saturated rings. The predicted octanol–water partition coefficient (Wildman–Crippen LogP) is 3.27. The number of aromatic amines is 1. The van der Waals surface area contributed by atoms with Crippen molar-refractivity contribution in [3.8, 4) is 5.75 Å². The number of nitrogens with one attached hydrogen (secondary N) is 1. The van der Waals surface area contributed by atoms with Gasteiger partial charge < -0.3 is 14.3 Å². The number of nitrogens with zero attached hydrogens (tertiary/aromatic N) is 2. The van der Waals surface area contributed by atoms with E-state index in [0.29, 0.717) is 11.3 Å². The summed E-state index contributed by atoms with van der Waals surface area (Å²) in [6.07, 6.45) is 3.57. The van der Waals surface area contributed by atoms with Crippen LogP contribution in [0.2, 0.25) is 0 Å². The van der Waals surface area contributed by atoms with Gasteiger partial charge in [-0.1, -0.05) is 0 Å². The van der Waals surface area contributed by atoms with E-state index in [1.54, 1.807) is 24.5 Å². The van der Waals surface area contributed by atoms with Crippen LogP contribution in [0.4, 0.5) is 0 Å². The number of benzene rings is 2. The Balaban J connectivity index is 1.64. The van der Waals surface area contributed by atoms with Crippen LogP contribution in [0.3, 0.4) is 0 Å². The van der Waals surface area contributed by atoms with Crippen molar-refractivity contribution in [2.75, 3.05) is 0 Å². The van der Waals surface area contributed by atoms with Gasteiger partial charge in [0.1, 0.15) is 5.75 Å². The van der Waals surface area contributed by atoms with Gasteiger partial charge in [-0.3, -0.25) is 0 Å². The molecule has 0 aliphatic carbocycles. The average Bonchev–Trinajstić information content (AvgIpc) is 3.13. The molecule has 0 saturated heterocycles. The average molecular weight is 291 g/mol. The van der Waals surface area contributed by atoms with Crippen LogP contribution in [-0.4, -0.2) is 20.5 Å². The Kier molecular flexibility index (Phi) is 2.72. The van der Waals surface area contributed by atoms with Crippen LogP contribution in [0.25, 0.3) is 21.9 Å². The van der Waals surface area contributed by atoms with E-state index in [4.69, 9.17) is 4.74 Å². The number of H-pyrrole nitrogens is 1. The van der Waals surface area contributed by atoms with E-state index in [-0.39, 0.29) is 5.97 Å². The molecule has 0 amide bonds. The standard InChI is InChI=1S/C17H13N3O2/c1-20-10-19-15-9-13(3-5-16(15)20)22-17(21)12-2-4-14-11(8-12)6-7-18-14/h2-10,18H,1H3. The highest BCUT2D eigenvalue weighted by molar-refractivity contribution is 5.96. The summed E-state index contributed by atoms with van der Waals surface area (Å²) in [6, 6.07) is 12.8. The highest BCUT2D eigenvalue weighted by atomic mass is 16.5. The molecule has 4 aromatic rings. The smallest absolute Gasteiger partial charge is 0.343 e. The van der Waals surface area contributed by atoms with Crippen molar-refractivity contribution in [3.05, 3.63) is 60.6 Å². The Morgan fingerprint density at radius 1 is 1.18 bits per heavy atom. The maximum atomic E-state index is 12.3. The molecule has 0 radical (unpaired) electrons. The third kappa shape index (κ3) is 2.03. The highest BCUT2D eigenvalue weighted by Crippen LogP contribution is 2.21. The van der Waals surface area contributed by atoms with Crippen LogP contribution >= 0.6 is 0 Å². The Bertz CT molecular complexity index is 997. The minimum Gasteiger partial charge on any atom is -0.423 e. The molecule has 1 N–H and O–H groups in total. The summed E-state index contributed by atoms with van der Waals surface area (Å²) in [5, 5.41) is 0.981. The molecule has 0 spiro atoms. The molecule has 4 rings (SSSR count). The third-order valence-electron chi connectivity index (χ3n) is 3.70. The molecule has 5 nitrogen and oxygen atoms in total. The molecular formula is C17H13N3O2. The highest BCUT2D eigenvalue weighted by Gasteiger charge is 2.11. The summed E-state index contributed by atoms with van der Waals surface area (Å²) in [6.45, 7) is 0. The fraction of sp³-hybridized carbons (Fsp3) is 0.0588. The molecule has 2 aromatic heterocycles. The van der Waals surface area contributed by atoms with Gasteiger partial charge >= 0.3 is 5.97 Å². The number of imidazole rings is 1. The predicted molar refractivity (Wildman–Crippen MR) is 84.0 cm³/mol. The van der Waals surface area contributed by atoms with Crippen molar-refractivity contribution >= 4 is 27.9 Å². The van der Waals surface area contributed by atoms with Gasteiger partial charge in [0.2, 0.25) is 0 Å². The van der Waals surface area contributed by atoms with Crippen molar-refractivity contribution in [3.63, 3.8) is 0 Å². The van der Waals surface area contributed by atoms with Gasteiger partial charge in [-0.05, 0) is 36.4 Å². The maximum Gasteiger partial charge on any atom is 0.343 e. The van der Waals surface area contributed by atoms with Gasteiger partial charge in [0.05, 0.1) is 22.9 Å². The minimum atomic E-state index is -0.376. The van der Waals surface area contributed by atoms with Gasteiger partial charge in [-0.25, -0.2) is 9.78 Å². The molecule has 2 aromatic carbocycles. The molecule has 22 heavy (non-hydrogen) atoms. The van der Waals surface area contributed by atoms with E-state index in [0.717, 1.165) is 21.9 Å². The molecule has 2 heterocycles. The molecule has 0 aliphatic heterocycles. The molecule has 5 heteroatoms. The van der Waals surface area contributed by atoms with E-state index in [1.165, 1.54) is 0 Å². The van der Waals surface area contributed by atoms with Crippen molar-refractivity contribution in [1.29, 1.82) is 0 Å². The number of ether oxygens (including phenoxy) is 1. The summed E-state index contributed by atoms with van der Waals surface area (Å²) in [4.78, 5) is 19.6. The zero-order valence-electron chi connectivity index (χ0n) is 11.9. The van der Waals surface area contributed by atoms with E-state index >= 15 is 0 Å². The lowest BCUT2D eigenvalue weighted by Gasteiger charge is -2.05. The minimum absolute atomic E-state index is 0.376. The van der Waals surface area contributed by atoms with Crippen LogP contribution in [0.15, 0.2) is 55.0 Å². The number of carbonyl (C=O) groups excluding carboxylic acids is 1. The summed E-state index contributed by atoms with van der Waals surface area (Å²) < 4.78 is 7.36. The van der Waals surface area contributed by atoms with Crippen LogP contribution in [0, 0.1) is 0 Å². The first-order valence-corrected chi connectivity index (χ1v) is 6.91. The van der Waals surface area contributed by atoms with E-state index < -0.39 is 0 Å². The Labute approximate surface area is 126 Å². The Hall–Kier alpha value is -3.08. The number of rotatable bonds is 2. The van der Waals surface area contributed by atoms with E-state index in [9.17, 15) is 4.79 Å². The molecule has 0 bridgehead atoms. The third-order valence-corrected chi connectivity index (χ3v) is 3.70. The van der Waals surface area contributed by atoms with Crippen molar-refractivity contribution < 1.29 is 9.53 Å². The zero-order valence-corrected chi connectivity index (χ0v) is 11.9. The second-order valence-electron chi connectivity index (χ2n) is 5.18. The van der Waals surface area contributed by atoms with Crippen molar-refractivity contribution in [2.45, 2.75) is 0 Å². The van der Waals surface area contributed by atoms with Gasteiger partial charge in [0, 0.05) is 30.2 Å². The summed E-state index contributed by atoms with van der Waals surface area (Å²) >= 11 is 0. The summed E-state index contributed by atoms with van der Waals surface area (Å²) in [7, 11) is 1.92. The normalized spacial score (nSPS) is 11.1. The first-order valence-electron chi connectivity index (χ1n) is 6.91. The number of esters is 1. The monoisotopic (exact) mass is 291 g/mol. The number of aromatic nitrogens is 3. The van der Waals surface area contributed by atoms with Crippen molar-refractivity contribution in [1.82, 2.24) is 14.5 Å². The summed E-state index contributed by atoms with van der Waals surface area (Å²) in [5.74, 6) is 0.115. The van der Waals surface area contributed by atoms with Crippen LogP contribution in [-0.2, 0) is 7.05 Å². The molecule has 0 atom stereocenters. The summed E-state index contributed by atoms with van der Waals surface area (Å²) in [5.41, 5.74) is 3.31. The maximum absolute atomic E-state index is 12.3. The number of aryl methyl sites for hydroxylation is 1. The second kappa shape index (κ2) is 4.73. The largest absolute Gasteiger partial charge is 0.423 e. The molecule has 0 unspecified atom stereocenters.